The van der Waals surface area contributed by atoms with Gasteiger partial charge < -0.3 is 5.73 Å². The predicted molar refractivity (Wildman–Crippen MR) is 60.8 cm³/mol. The molecule has 1 heteroatoms. The number of nitrogens with two attached hydrogens (primary N) is 1. The Labute approximate surface area is 84.1 Å². The van der Waals surface area contributed by atoms with Crippen LogP contribution in [0.15, 0.2) is 0 Å². The molecule has 13 heavy (non-hydrogen) atoms. The lowest BCUT2D eigenvalue weighted by Crippen LogP contribution is -2.26. The van der Waals surface area contributed by atoms with Crippen molar-refractivity contribution < 1.29 is 0 Å². The van der Waals surface area contributed by atoms with E-state index in [4.69, 9.17) is 5.73 Å². The molecule has 0 aromatic carbocycles. The highest BCUT2D eigenvalue weighted by atomic mass is 14.6. The fourth-order valence-corrected chi connectivity index (χ4v) is 1.91. The highest BCUT2D eigenvalue weighted by Crippen LogP contribution is 2.28. The second-order valence-corrected chi connectivity index (χ2v) is 4.58. The summed E-state index contributed by atoms with van der Waals surface area (Å²) in [7, 11) is 0. The molecule has 0 amide bonds. The van der Waals surface area contributed by atoms with Crippen molar-refractivity contribution in [3.05, 3.63) is 0 Å². The van der Waals surface area contributed by atoms with Crippen LogP contribution in [0, 0.1) is 5.41 Å². The van der Waals surface area contributed by atoms with Crippen molar-refractivity contribution in [3.63, 3.8) is 0 Å². The van der Waals surface area contributed by atoms with Crippen molar-refractivity contribution in [2.24, 2.45) is 11.1 Å². The molecule has 1 unspecified atom stereocenters. The van der Waals surface area contributed by atoms with Gasteiger partial charge in [-0.15, -0.1) is 0 Å². The van der Waals surface area contributed by atoms with E-state index in [0.717, 1.165) is 6.54 Å². The van der Waals surface area contributed by atoms with Gasteiger partial charge in [0.15, 0.2) is 0 Å². The molecule has 0 saturated heterocycles. The van der Waals surface area contributed by atoms with Crippen molar-refractivity contribution in [1.29, 1.82) is 0 Å². The Kier molecular flexibility index (Phi) is 7.35. The fraction of sp³-hybridized carbons (Fsp3) is 1.00. The molecule has 0 fully saturated rings. The van der Waals surface area contributed by atoms with Gasteiger partial charge in [0.05, 0.1) is 0 Å². The van der Waals surface area contributed by atoms with E-state index in [2.05, 4.69) is 20.8 Å². The largest absolute Gasteiger partial charge is 0.330 e. The van der Waals surface area contributed by atoms with Crippen LogP contribution in [0.5, 0.6) is 0 Å². The van der Waals surface area contributed by atoms with E-state index >= 15 is 0 Å². The monoisotopic (exact) mass is 185 g/mol. The smallest absolute Gasteiger partial charge is 0.00232 e. The van der Waals surface area contributed by atoms with Crippen LogP contribution in [0.4, 0.5) is 0 Å². The van der Waals surface area contributed by atoms with Crippen LogP contribution >= 0.6 is 0 Å². The Bertz CT molecular complexity index is 112. The Morgan fingerprint density at radius 1 is 0.923 bits per heavy atom. The molecular weight excluding hydrogens is 158 g/mol. The minimum atomic E-state index is 0.419. The molecule has 0 saturated carbocycles. The molecule has 80 valence electrons. The first kappa shape index (κ1) is 13.0. The van der Waals surface area contributed by atoms with Crippen molar-refractivity contribution >= 4 is 0 Å². The average molecular weight is 185 g/mol. The molecule has 0 aliphatic carbocycles. The zero-order valence-electron chi connectivity index (χ0n) is 9.73. The highest BCUT2D eigenvalue weighted by Gasteiger charge is 2.20. The minimum absolute atomic E-state index is 0.419. The maximum atomic E-state index is 5.81. The number of hydrogen-bond acceptors (Lipinski definition) is 1. The summed E-state index contributed by atoms with van der Waals surface area (Å²) in [5.74, 6) is 0. The summed E-state index contributed by atoms with van der Waals surface area (Å²) in [5.41, 5.74) is 6.23. The second-order valence-electron chi connectivity index (χ2n) is 4.58. The van der Waals surface area contributed by atoms with Gasteiger partial charge in [-0.25, -0.2) is 0 Å². The van der Waals surface area contributed by atoms with Gasteiger partial charge in [0, 0.05) is 0 Å². The van der Waals surface area contributed by atoms with E-state index in [1.165, 1.54) is 44.9 Å². The number of hydrogen-bond donors (Lipinski definition) is 1. The molecule has 0 heterocycles. The molecule has 0 aromatic heterocycles. The summed E-state index contributed by atoms with van der Waals surface area (Å²) in [6, 6.07) is 0. The summed E-state index contributed by atoms with van der Waals surface area (Å²) in [4.78, 5) is 0. The van der Waals surface area contributed by atoms with E-state index < -0.39 is 0 Å². The zero-order chi connectivity index (χ0) is 10.2. The van der Waals surface area contributed by atoms with E-state index in [9.17, 15) is 0 Å². The maximum absolute atomic E-state index is 5.81. The topological polar surface area (TPSA) is 26.0 Å². The van der Waals surface area contributed by atoms with Crippen LogP contribution in [0.2, 0.25) is 0 Å². The van der Waals surface area contributed by atoms with Gasteiger partial charge in [0.2, 0.25) is 0 Å². The van der Waals surface area contributed by atoms with Crippen LogP contribution in [0.25, 0.3) is 0 Å². The third-order valence-corrected chi connectivity index (χ3v) is 2.98. The summed E-state index contributed by atoms with van der Waals surface area (Å²) in [6.07, 6.45) is 9.33. The SMILES string of the molecule is CCCCCCC(C)(CN)CCC. The van der Waals surface area contributed by atoms with Crippen LogP contribution in [-0.2, 0) is 0 Å². The molecule has 0 aliphatic heterocycles. The van der Waals surface area contributed by atoms with Gasteiger partial charge in [0.25, 0.3) is 0 Å². The lowest BCUT2D eigenvalue weighted by atomic mass is 9.81. The molecule has 0 rings (SSSR count). The summed E-state index contributed by atoms with van der Waals surface area (Å²) in [5, 5.41) is 0. The van der Waals surface area contributed by atoms with Gasteiger partial charge >= 0.3 is 0 Å². The summed E-state index contributed by atoms with van der Waals surface area (Å²) in [6.45, 7) is 7.70. The van der Waals surface area contributed by atoms with Crippen LogP contribution in [0.3, 0.4) is 0 Å². The number of rotatable bonds is 8. The first-order valence-corrected chi connectivity index (χ1v) is 5.88. The first-order valence-electron chi connectivity index (χ1n) is 5.88. The van der Waals surface area contributed by atoms with E-state index in [1.54, 1.807) is 0 Å². The van der Waals surface area contributed by atoms with Gasteiger partial charge in [-0.2, -0.15) is 0 Å². The summed E-state index contributed by atoms with van der Waals surface area (Å²) >= 11 is 0. The van der Waals surface area contributed by atoms with Crippen molar-refractivity contribution in [2.45, 2.75) is 65.7 Å². The summed E-state index contributed by atoms with van der Waals surface area (Å²) < 4.78 is 0. The average Bonchev–Trinajstić information content (AvgIpc) is 2.13. The third-order valence-electron chi connectivity index (χ3n) is 2.98. The molecule has 0 bridgehead atoms. The van der Waals surface area contributed by atoms with Crippen LogP contribution in [0.1, 0.15) is 65.7 Å². The molecular formula is C12H27N. The lowest BCUT2D eigenvalue weighted by Gasteiger charge is -2.27. The zero-order valence-corrected chi connectivity index (χ0v) is 9.73. The molecule has 1 atom stereocenters. The molecule has 0 aromatic rings. The molecule has 1 nitrogen and oxygen atoms in total. The second kappa shape index (κ2) is 7.37. The Morgan fingerprint density at radius 3 is 2.08 bits per heavy atom. The minimum Gasteiger partial charge on any atom is -0.330 e. The van der Waals surface area contributed by atoms with Gasteiger partial charge in [-0.3, -0.25) is 0 Å². The Balaban J connectivity index is 3.57. The van der Waals surface area contributed by atoms with Crippen LogP contribution in [-0.4, -0.2) is 6.54 Å². The van der Waals surface area contributed by atoms with Crippen molar-refractivity contribution in [3.8, 4) is 0 Å². The van der Waals surface area contributed by atoms with Gasteiger partial charge in [-0.05, 0) is 24.8 Å². The Morgan fingerprint density at radius 2 is 1.62 bits per heavy atom. The van der Waals surface area contributed by atoms with Crippen molar-refractivity contribution in [1.82, 2.24) is 0 Å². The third kappa shape index (κ3) is 6.09. The number of unbranched alkanes of at least 4 members (excludes halogenated alkanes) is 3. The van der Waals surface area contributed by atoms with Crippen molar-refractivity contribution in [2.75, 3.05) is 6.54 Å². The quantitative estimate of drug-likeness (QED) is 0.573. The molecule has 0 spiro atoms. The lowest BCUT2D eigenvalue weighted by molar-refractivity contribution is 0.269. The molecule has 0 radical (unpaired) electrons. The maximum Gasteiger partial charge on any atom is -0.00232 e. The Hall–Kier alpha value is -0.0400. The highest BCUT2D eigenvalue weighted by molar-refractivity contribution is 4.74. The first-order chi connectivity index (χ1) is 6.18. The van der Waals surface area contributed by atoms with Crippen LogP contribution < -0.4 is 5.73 Å². The van der Waals surface area contributed by atoms with Gasteiger partial charge in [-0.1, -0.05) is 52.9 Å². The normalized spacial score (nSPS) is 15.7. The van der Waals surface area contributed by atoms with E-state index in [1.807, 2.05) is 0 Å². The fourth-order valence-electron chi connectivity index (χ4n) is 1.91. The predicted octanol–water partition coefficient (Wildman–Crippen LogP) is 3.72. The van der Waals surface area contributed by atoms with E-state index in [-0.39, 0.29) is 0 Å². The molecule has 2 N–H and O–H groups in total. The molecule has 0 aliphatic rings. The standard InChI is InChI=1S/C12H27N/c1-4-6-7-8-10-12(3,11-13)9-5-2/h4-11,13H2,1-3H3. The van der Waals surface area contributed by atoms with Gasteiger partial charge in [0.1, 0.15) is 0 Å². The van der Waals surface area contributed by atoms with E-state index in [0.29, 0.717) is 5.41 Å².